The molecule has 1 aliphatic rings. The molecule has 1 aromatic carbocycles. The zero-order chi connectivity index (χ0) is 14.3. The molecular formula is C14H14ClN3OS. The molecule has 2 heterocycles. The highest BCUT2D eigenvalue weighted by Gasteiger charge is 2.32. The van der Waals surface area contributed by atoms with Crippen LogP contribution in [0.4, 0.5) is 5.82 Å². The predicted octanol–water partition coefficient (Wildman–Crippen LogP) is 3.53. The summed E-state index contributed by atoms with van der Waals surface area (Å²) < 4.78 is 0. The van der Waals surface area contributed by atoms with Crippen LogP contribution in [0.2, 0.25) is 5.02 Å². The zero-order valence-corrected chi connectivity index (χ0v) is 12.7. The summed E-state index contributed by atoms with van der Waals surface area (Å²) in [6.07, 6.45) is 0. The molecule has 2 atom stereocenters. The van der Waals surface area contributed by atoms with E-state index in [9.17, 15) is 4.79 Å². The number of rotatable bonds is 1. The van der Waals surface area contributed by atoms with Gasteiger partial charge in [0.2, 0.25) is 5.91 Å². The number of benzene rings is 1. The minimum absolute atomic E-state index is 0.00796. The Bertz CT molecular complexity index is 670. The average Bonchev–Trinajstić information content (AvgIpc) is 2.71. The lowest BCUT2D eigenvalue weighted by Crippen LogP contribution is -2.21. The lowest BCUT2D eigenvalue weighted by Gasteiger charge is -2.18. The van der Waals surface area contributed by atoms with Gasteiger partial charge in [-0.25, -0.2) is 0 Å². The van der Waals surface area contributed by atoms with Gasteiger partial charge in [0.15, 0.2) is 5.82 Å². The topological polar surface area (TPSA) is 57.8 Å². The van der Waals surface area contributed by atoms with Gasteiger partial charge in [0.25, 0.3) is 0 Å². The van der Waals surface area contributed by atoms with E-state index in [0.717, 1.165) is 16.8 Å². The Kier molecular flexibility index (Phi) is 3.48. The molecule has 0 spiro atoms. The maximum atomic E-state index is 12.0. The van der Waals surface area contributed by atoms with Crippen molar-refractivity contribution in [2.24, 2.45) is 0 Å². The number of carbonyl (C=O) groups excluding carboxylic acids is 1. The molecule has 0 bridgehead atoms. The summed E-state index contributed by atoms with van der Waals surface area (Å²) in [5, 5.41) is 10.5. The molecule has 0 saturated heterocycles. The number of aromatic amines is 1. The minimum Gasteiger partial charge on any atom is -0.308 e. The fourth-order valence-corrected chi connectivity index (χ4v) is 4.00. The molecule has 20 heavy (non-hydrogen) atoms. The van der Waals surface area contributed by atoms with Gasteiger partial charge in [0.05, 0.1) is 10.5 Å². The Morgan fingerprint density at radius 1 is 1.35 bits per heavy atom. The van der Waals surface area contributed by atoms with E-state index < -0.39 is 0 Å². The third-order valence-electron chi connectivity index (χ3n) is 3.40. The van der Waals surface area contributed by atoms with Crippen molar-refractivity contribution in [3.63, 3.8) is 0 Å². The molecule has 0 unspecified atom stereocenters. The van der Waals surface area contributed by atoms with Gasteiger partial charge in [-0.2, -0.15) is 5.10 Å². The molecule has 0 radical (unpaired) electrons. The highest BCUT2D eigenvalue weighted by molar-refractivity contribution is 8.01. The van der Waals surface area contributed by atoms with Crippen LogP contribution in [0.15, 0.2) is 24.3 Å². The van der Waals surface area contributed by atoms with Gasteiger partial charge in [-0.05, 0) is 25.5 Å². The number of fused-ring (bicyclic) bond motifs is 1. The van der Waals surface area contributed by atoms with Crippen molar-refractivity contribution >= 4 is 35.1 Å². The van der Waals surface area contributed by atoms with E-state index in [2.05, 4.69) is 15.5 Å². The fourth-order valence-electron chi connectivity index (χ4n) is 2.32. The maximum Gasteiger partial charge on any atom is 0.238 e. The van der Waals surface area contributed by atoms with Crippen LogP contribution in [-0.4, -0.2) is 21.4 Å². The van der Waals surface area contributed by atoms with Gasteiger partial charge in [0.1, 0.15) is 0 Å². The van der Waals surface area contributed by atoms with E-state index in [4.69, 9.17) is 11.6 Å². The molecule has 6 heteroatoms. The first-order chi connectivity index (χ1) is 9.58. The van der Waals surface area contributed by atoms with Crippen molar-refractivity contribution < 1.29 is 4.79 Å². The third kappa shape index (κ3) is 2.21. The van der Waals surface area contributed by atoms with Crippen molar-refractivity contribution in [3.05, 3.63) is 46.1 Å². The molecule has 0 fully saturated rings. The molecule has 1 aliphatic heterocycles. The number of amides is 1. The van der Waals surface area contributed by atoms with Crippen LogP contribution in [0.3, 0.4) is 0 Å². The Balaban J connectivity index is 2.16. The van der Waals surface area contributed by atoms with E-state index >= 15 is 0 Å². The number of nitrogens with one attached hydrogen (secondary N) is 2. The predicted molar refractivity (Wildman–Crippen MR) is 82.3 cm³/mol. The molecule has 3 rings (SSSR count). The molecule has 2 aromatic rings. The lowest BCUT2D eigenvalue weighted by molar-refractivity contribution is -0.115. The van der Waals surface area contributed by atoms with Gasteiger partial charge in [0, 0.05) is 16.3 Å². The quantitative estimate of drug-likeness (QED) is 0.847. The smallest absolute Gasteiger partial charge is 0.238 e. The Labute approximate surface area is 126 Å². The van der Waals surface area contributed by atoms with Gasteiger partial charge < -0.3 is 5.32 Å². The second-order valence-corrected chi connectivity index (χ2v) is 6.64. The summed E-state index contributed by atoms with van der Waals surface area (Å²) in [6.45, 7) is 3.85. The summed E-state index contributed by atoms with van der Waals surface area (Å²) in [5.74, 6) is 0.576. The van der Waals surface area contributed by atoms with Crippen LogP contribution in [-0.2, 0) is 4.79 Å². The van der Waals surface area contributed by atoms with E-state index in [1.165, 1.54) is 0 Å². The summed E-state index contributed by atoms with van der Waals surface area (Å²) >= 11 is 7.92. The van der Waals surface area contributed by atoms with Crippen LogP contribution in [0, 0.1) is 6.92 Å². The standard InChI is InChI=1S/C14H14ClN3OS/c1-7-11-12(9-5-3-4-6-10(9)15)20-8(2)14(19)16-13(11)18-17-7/h3-6,8,12H,1-2H3,(H2,16,17,18,19)/t8-,12+/m1/s1. The van der Waals surface area contributed by atoms with Crippen molar-refractivity contribution in [1.29, 1.82) is 0 Å². The van der Waals surface area contributed by atoms with Crippen LogP contribution >= 0.6 is 23.4 Å². The van der Waals surface area contributed by atoms with E-state index in [1.807, 2.05) is 38.1 Å². The minimum atomic E-state index is -0.162. The third-order valence-corrected chi connectivity index (χ3v) is 5.12. The van der Waals surface area contributed by atoms with Crippen molar-refractivity contribution in [2.45, 2.75) is 24.3 Å². The normalized spacial score (nSPS) is 22.1. The number of aromatic nitrogens is 2. The van der Waals surface area contributed by atoms with Crippen LogP contribution in [0.1, 0.15) is 29.0 Å². The van der Waals surface area contributed by atoms with Gasteiger partial charge in [-0.15, -0.1) is 11.8 Å². The van der Waals surface area contributed by atoms with Crippen molar-refractivity contribution in [2.75, 3.05) is 5.32 Å². The Morgan fingerprint density at radius 3 is 2.85 bits per heavy atom. The van der Waals surface area contributed by atoms with Crippen LogP contribution < -0.4 is 5.32 Å². The number of halogens is 1. The summed E-state index contributed by atoms with van der Waals surface area (Å²) in [7, 11) is 0. The largest absolute Gasteiger partial charge is 0.308 e. The molecular weight excluding hydrogens is 294 g/mol. The molecule has 0 saturated carbocycles. The number of hydrogen-bond donors (Lipinski definition) is 2. The van der Waals surface area contributed by atoms with Crippen LogP contribution in [0.5, 0.6) is 0 Å². The van der Waals surface area contributed by atoms with E-state index in [0.29, 0.717) is 10.8 Å². The van der Waals surface area contributed by atoms with Gasteiger partial charge in [-0.1, -0.05) is 29.8 Å². The maximum absolute atomic E-state index is 12.0. The molecule has 1 amide bonds. The SMILES string of the molecule is Cc1[nH]nc2c1[C@H](c1ccccc1Cl)S[C@H](C)C(=O)N2. The second kappa shape index (κ2) is 5.14. The first-order valence-corrected chi connectivity index (χ1v) is 7.65. The van der Waals surface area contributed by atoms with Crippen molar-refractivity contribution in [1.82, 2.24) is 10.2 Å². The Hall–Kier alpha value is -1.46. The number of carbonyl (C=O) groups is 1. The molecule has 1 aromatic heterocycles. The number of thioether (sulfide) groups is 1. The molecule has 2 N–H and O–H groups in total. The van der Waals surface area contributed by atoms with E-state index in [-0.39, 0.29) is 16.4 Å². The molecule has 104 valence electrons. The number of nitrogens with zero attached hydrogens (tertiary/aromatic N) is 1. The first kappa shape index (κ1) is 13.5. The number of anilines is 1. The second-order valence-electron chi connectivity index (χ2n) is 4.78. The number of aryl methyl sites for hydroxylation is 1. The van der Waals surface area contributed by atoms with Gasteiger partial charge in [-0.3, -0.25) is 9.89 Å². The summed E-state index contributed by atoms with van der Waals surface area (Å²) in [5.41, 5.74) is 2.96. The molecule has 0 aliphatic carbocycles. The summed E-state index contributed by atoms with van der Waals surface area (Å²) in [4.78, 5) is 12.0. The monoisotopic (exact) mass is 307 g/mol. The van der Waals surface area contributed by atoms with E-state index in [1.54, 1.807) is 11.8 Å². The van der Waals surface area contributed by atoms with Crippen LogP contribution in [0.25, 0.3) is 0 Å². The summed E-state index contributed by atoms with van der Waals surface area (Å²) in [6, 6.07) is 7.74. The number of hydrogen-bond acceptors (Lipinski definition) is 3. The van der Waals surface area contributed by atoms with Gasteiger partial charge >= 0.3 is 0 Å². The van der Waals surface area contributed by atoms with Crippen molar-refractivity contribution in [3.8, 4) is 0 Å². The highest BCUT2D eigenvalue weighted by Crippen LogP contribution is 2.46. The lowest BCUT2D eigenvalue weighted by atomic mass is 10.0. The first-order valence-electron chi connectivity index (χ1n) is 6.33. The average molecular weight is 308 g/mol. The fraction of sp³-hybridized carbons (Fsp3) is 0.286. The zero-order valence-electron chi connectivity index (χ0n) is 11.1. The highest BCUT2D eigenvalue weighted by atomic mass is 35.5. The molecule has 4 nitrogen and oxygen atoms in total. The Morgan fingerprint density at radius 2 is 2.10 bits per heavy atom. The number of H-pyrrole nitrogens is 1.